The van der Waals surface area contributed by atoms with Gasteiger partial charge in [0.2, 0.25) is 0 Å². The van der Waals surface area contributed by atoms with Gasteiger partial charge in [0.05, 0.1) is 18.5 Å². The van der Waals surface area contributed by atoms with Gasteiger partial charge in [0.15, 0.2) is 0 Å². The van der Waals surface area contributed by atoms with Crippen LogP contribution in [0.15, 0.2) is 53.4 Å². The van der Waals surface area contributed by atoms with E-state index < -0.39 is 0 Å². The zero-order chi connectivity index (χ0) is 18.9. The third-order valence-corrected chi connectivity index (χ3v) is 6.12. The van der Waals surface area contributed by atoms with Crippen LogP contribution in [0, 0.1) is 5.92 Å². The predicted octanol–water partition coefficient (Wildman–Crippen LogP) is 6.19. The van der Waals surface area contributed by atoms with Gasteiger partial charge in [-0.15, -0.1) is 0 Å². The molecule has 146 valence electrons. The Bertz CT molecular complexity index is 689. The van der Waals surface area contributed by atoms with Crippen LogP contribution in [0.5, 0.6) is 0 Å². The molecule has 2 aromatic rings. The molecule has 3 rings (SSSR count). The minimum Gasteiger partial charge on any atom is -0.383 e. The van der Waals surface area contributed by atoms with E-state index in [4.69, 9.17) is 4.84 Å². The number of nitrogens with one attached hydrogen (secondary N) is 2. The number of anilines is 3. The van der Waals surface area contributed by atoms with E-state index >= 15 is 0 Å². The molecule has 1 aliphatic rings. The van der Waals surface area contributed by atoms with Crippen LogP contribution in [-0.4, -0.2) is 20.7 Å². The number of benzene rings is 2. The van der Waals surface area contributed by atoms with Crippen LogP contribution in [0.25, 0.3) is 0 Å². The summed E-state index contributed by atoms with van der Waals surface area (Å²) in [5, 5.41) is 3.59. The van der Waals surface area contributed by atoms with Crippen molar-refractivity contribution in [2.24, 2.45) is 5.92 Å². The minimum absolute atomic E-state index is 0.887. The Balaban J connectivity index is 1.61. The van der Waals surface area contributed by atoms with Crippen molar-refractivity contribution >= 4 is 29.0 Å². The summed E-state index contributed by atoms with van der Waals surface area (Å²) in [6, 6.07) is 16.8. The summed E-state index contributed by atoms with van der Waals surface area (Å²) in [6.07, 6.45) is 8.26. The Kier molecular flexibility index (Phi) is 7.72. The molecule has 0 unspecified atom stereocenters. The second kappa shape index (κ2) is 10.5. The summed E-state index contributed by atoms with van der Waals surface area (Å²) in [5.74, 6) is 0.887. The van der Waals surface area contributed by atoms with E-state index in [0.29, 0.717) is 0 Å². The van der Waals surface area contributed by atoms with Crippen molar-refractivity contribution in [2.75, 3.05) is 35.8 Å². The van der Waals surface area contributed by atoms with Crippen LogP contribution in [0.2, 0.25) is 0 Å². The second-order valence-corrected chi connectivity index (χ2v) is 8.36. The van der Waals surface area contributed by atoms with Crippen LogP contribution in [0.3, 0.4) is 0 Å². The van der Waals surface area contributed by atoms with E-state index in [1.54, 1.807) is 19.1 Å². The first-order valence-electron chi connectivity index (χ1n) is 9.90. The summed E-state index contributed by atoms with van der Waals surface area (Å²) in [6.45, 7) is 1.01. The van der Waals surface area contributed by atoms with Crippen LogP contribution < -0.4 is 15.1 Å². The van der Waals surface area contributed by atoms with Gasteiger partial charge in [0.1, 0.15) is 0 Å². The monoisotopic (exact) mass is 385 g/mol. The molecule has 0 atom stereocenters. The average molecular weight is 386 g/mol. The lowest BCUT2D eigenvalue weighted by Gasteiger charge is -2.23. The molecule has 0 bridgehead atoms. The summed E-state index contributed by atoms with van der Waals surface area (Å²) in [4.78, 5) is 6.42. The summed E-state index contributed by atoms with van der Waals surface area (Å²) >= 11 is 1.71. The highest BCUT2D eigenvalue weighted by Crippen LogP contribution is 2.33. The molecular weight excluding hydrogens is 354 g/mol. The smallest absolute Gasteiger partial charge is 0.0856 e. The predicted molar refractivity (Wildman–Crippen MR) is 117 cm³/mol. The molecule has 27 heavy (non-hydrogen) atoms. The maximum Gasteiger partial charge on any atom is 0.0856 e. The van der Waals surface area contributed by atoms with Crippen molar-refractivity contribution in [3.05, 3.63) is 48.5 Å². The van der Waals surface area contributed by atoms with Crippen molar-refractivity contribution in [1.29, 1.82) is 0 Å². The molecule has 0 aliphatic heterocycles. The van der Waals surface area contributed by atoms with Gasteiger partial charge in [0, 0.05) is 24.2 Å². The minimum atomic E-state index is 0.887. The van der Waals surface area contributed by atoms with Crippen LogP contribution in [0.4, 0.5) is 17.1 Å². The molecule has 0 aromatic heterocycles. The zero-order valence-corrected chi connectivity index (χ0v) is 17.2. The first-order valence-corrected chi connectivity index (χ1v) is 10.7. The Morgan fingerprint density at radius 3 is 2.56 bits per heavy atom. The highest BCUT2D eigenvalue weighted by molar-refractivity contribution is 8.00. The van der Waals surface area contributed by atoms with Gasteiger partial charge in [-0.1, -0.05) is 50.3 Å². The van der Waals surface area contributed by atoms with Crippen molar-refractivity contribution in [3.8, 4) is 0 Å². The highest BCUT2D eigenvalue weighted by Gasteiger charge is 2.13. The van der Waals surface area contributed by atoms with E-state index in [1.807, 2.05) is 6.07 Å². The van der Waals surface area contributed by atoms with Crippen LogP contribution in [-0.2, 0) is 4.84 Å². The first-order chi connectivity index (χ1) is 13.3. The molecule has 1 saturated carbocycles. The third-order valence-electron chi connectivity index (χ3n) is 5.16. The van der Waals surface area contributed by atoms with Crippen molar-refractivity contribution in [2.45, 2.75) is 43.4 Å². The van der Waals surface area contributed by atoms with E-state index in [-0.39, 0.29) is 0 Å². The summed E-state index contributed by atoms with van der Waals surface area (Å²) in [5.41, 5.74) is 6.22. The Morgan fingerprint density at radius 1 is 1.04 bits per heavy atom. The molecule has 0 amide bonds. The summed E-state index contributed by atoms with van der Waals surface area (Å²) < 4.78 is 2.17. The normalized spacial score (nSPS) is 14.7. The van der Waals surface area contributed by atoms with Crippen LogP contribution in [0.1, 0.15) is 38.5 Å². The molecule has 5 heteroatoms. The lowest BCUT2D eigenvalue weighted by Crippen LogP contribution is -2.13. The number of hydrogen-bond donors (Lipinski definition) is 2. The van der Waals surface area contributed by atoms with Crippen LogP contribution >= 0.6 is 11.9 Å². The van der Waals surface area contributed by atoms with E-state index in [2.05, 4.69) is 64.6 Å². The standard InChI is InChI=1S/C22H31N3OS/c1-25(27-20-11-7-4-8-12-20)19-13-14-21(22(17-19)24-26-2)23-16-15-18-9-5-3-6-10-18/h4,7-8,11-14,17-18,23-24H,3,5-6,9-10,15-16H2,1-2H3. The zero-order valence-electron chi connectivity index (χ0n) is 16.4. The Morgan fingerprint density at radius 2 is 1.81 bits per heavy atom. The van der Waals surface area contributed by atoms with Gasteiger partial charge in [0.25, 0.3) is 0 Å². The van der Waals surface area contributed by atoms with Gasteiger partial charge in [-0.3, -0.25) is 10.3 Å². The van der Waals surface area contributed by atoms with Crippen molar-refractivity contribution in [1.82, 2.24) is 0 Å². The van der Waals surface area contributed by atoms with Gasteiger partial charge >= 0.3 is 0 Å². The number of nitrogens with zero attached hydrogens (tertiary/aromatic N) is 1. The molecule has 1 aliphatic carbocycles. The fourth-order valence-electron chi connectivity index (χ4n) is 3.66. The van der Waals surface area contributed by atoms with Gasteiger partial charge in [-0.05, 0) is 54.6 Å². The van der Waals surface area contributed by atoms with Crippen molar-refractivity contribution < 1.29 is 4.84 Å². The third kappa shape index (κ3) is 6.08. The molecule has 0 heterocycles. The molecule has 0 spiro atoms. The second-order valence-electron chi connectivity index (χ2n) is 7.16. The number of hydrogen-bond acceptors (Lipinski definition) is 5. The lowest BCUT2D eigenvalue weighted by molar-refractivity contribution is 0.271. The first kappa shape index (κ1) is 19.9. The largest absolute Gasteiger partial charge is 0.383 e. The van der Waals surface area contributed by atoms with E-state index in [0.717, 1.165) is 29.5 Å². The SMILES string of the molecule is CONc1cc(N(C)Sc2ccccc2)ccc1NCCC1CCCCC1. The molecule has 4 nitrogen and oxygen atoms in total. The van der Waals surface area contributed by atoms with Gasteiger partial charge < -0.3 is 9.62 Å². The van der Waals surface area contributed by atoms with Crippen molar-refractivity contribution in [3.63, 3.8) is 0 Å². The topological polar surface area (TPSA) is 36.5 Å². The molecule has 2 N–H and O–H groups in total. The fourth-order valence-corrected chi connectivity index (χ4v) is 4.47. The van der Waals surface area contributed by atoms with Gasteiger partial charge in [-0.25, -0.2) is 0 Å². The summed E-state index contributed by atoms with van der Waals surface area (Å²) in [7, 11) is 3.74. The lowest BCUT2D eigenvalue weighted by atomic mass is 9.87. The van der Waals surface area contributed by atoms with E-state index in [1.165, 1.54) is 43.4 Å². The quantitative estimate of drug-likeness (QED) is 0.398. The Labute approximate surface area is 167 Å². The molecule has 0 radical (unpaired) electrons. The van der Waals surface area contributed by atoms with Gasteiger partial charge in [-0.2, -0.15) is 0 Å². The highest BCUT2D eigenvalue weighted by atomic mass is 32.2. The molecule has 2 aromatic carbocycles. The Hall–Kier alpha value is -1.85. The van der Waals surface area contributed by atoms with E-state index in [9.17, 15) is 0 Å². The fraction of sp³-hybridized carbons (Fsp3) is 0.455. The molecular formula is C22H31N3OS. The maximum atomic E-state index is 5.20. The number of rotatable bonds is 9. The average Bonchev–Trinajstić information content (AvgIpc) is 2.71. The molecule has 1 fully saturated rings. The maximum absolute atomic E-state index is 5.20. The molecule has 0 saturated heterocycles.